The molecule has 1 aromatic rings. The lowest BCUT2D eigenvalue weighted by molar-refractivity contribution is -0.123. The summed E-state index contributed by atoms with van der Waals surface area (Å²) in [5.41, 5.74) is 1.34. The van der Waals surface area contributed by atoms with Crippen molar-refractivity contribution in [1.82, 2.24) is 5.32 Å². The predicted octanol–water partition coefficient (Wildman–Crippen LogP) is 1.53. The summed E-state index contributed by atoms with van der Waals surface area (Å²) in [6.07, 6.45) is 2.24. The van der Waals surface area contributed by atoms with Crippen LogP contribution in [0.4, 0.5) is 11.4 Å². The van der Waals surface area contributed by atoms with Crippen molar-refractivity contribution in [3.8, 4) is 5.75 Å². The summed E-state index contributed by atoms with van der Waals surface area (Å²) in [6.45, 7) is 3.80. The molecule has 2 N–H and O–H groups in total. The maximum Gasteiger partial charge on any atom is 0.244 e. The van der Waals surface area contributed by atoms with Crippen LogP contribution in [0.3, 0.4) is 0 Å². The lowest BCUT2D eigenvalue weighted by atomic mass is 10.1. The summed E-state index contributed by atoms with van der Waals surface area (Å²) >= 11 is 0. The van der Waals surface area contributed by atoms with E-state index in [9.17, 15) is 9.59 Å². The first-order chi connectivity index (χ1) is 12.1. The highest BCUT2D eigenvalue weighted by Crippen LogP contribution is 2.33. The zero-order valence-corrected chi connectivity index (χ0v) is 14.7. The van der Waals surface area contributed by atoms with Crippen molar-refractivity contribution in [2.45, 2.75) is 38.3 Å². The van der Waals surface area contributed by atoms with E-state index in [1.165, 1.54) is 0 Å². The minimum Gasteiger partial charge on any atom is -0.495 e. The highest BCUT2D eigenvalue weighted by atomic mass is 16.5. The van der Waals surface area contributed by atoms with Crippen LogP contribution in [0.25, 0.3) is 0 Å². The molecule has 136 valence electrons. The first-order valence-electron chi connectivity index (χ1n) is 8.74. The molecular formula is C18H25N3O4. The molecule has 0 unspecified atom stereocenters. The van der Waals surface area contributed by atoms with Crippen LogP contribution in [0.15, 0.2) is 18.2 Å². The number of anilines is 2. The fourth-order valence-corrected chi connectivity index (χ4v) is 3.29. The Morgan fingerprint density at radius 2 is 2.24 bits per heavy atom. The van der Waals surface area contributed by atoms with E-state index in [1.54, 1.807) is 30.2 Å². The van der Waals surface area contributed by atoms with Crippen LogP contribution in [0.1, 0.15) is 26.2 Å². The number of rotatable bonds is 4. The second-order valence-corrected chi connectivity index (χ2v) is 6.39. The lowest BCUT2D eigenvalue weighted by Gasteiger charge is -2.30. The molecule has 2 heterocycles. The van der Waals surface area contributed by atoms with Crippen LogP contribution in [0.2, 0.25) is 0 Å². The van der Waals surface area contributed by atoms with Crippen LogP contribution >= 0.6 is 0 Å². The van der Waals surface area contributed by atoms with E-state index in [4.69, 9.17) is 9.47 Å². The molecule has 2 saturated heterocycles. The van der Waals surface area contributed by atoms with E-state index in [0.717, 1.165) is 12.8 Å². The van der Waals surface area contributed by atoms with Gasteiger partial charge in [-0.15, -0.1) is 0 Å². The smallest absolute Gasteiger partial charge is 0.244 e. The molecule has 25 heavy (non-hydrogen) atoms. The van der Waals surface area contributed by atoms with Gasteiger partial charge in [-0.25, -0.2) is 0 Å². The Morgan fingerprint density at radius 3 is 2.96 bits per heavy atom. The molecule has 0 spiro atoms. The van der Waals surface area contributed by atoms with E-state index < -0.39 is 6.04 Å². The molecular weight excluding hydrogens is 322 g/mol. The molecule has 7 nitrogen and oxygen atoms in total. The second kappa shape index (κ2) is 7.84. The quantitative estimate of drug-likeness (QED) is 0.863. The van der Waals surface area contributed by atoms with Gasteiger partial charge in [0.1, 0.15) is 11.8 Å². The van der Waals surface area contributed by atoms with Crippen molar-refractivity contribution in [3.05, 3.63) is 18.2 Å². The zero-order valence-electron chi connectivity index (χ0n) is 14.7. The normalized spacial score (nSPS) is 24.1. The minimum absolute atomic E-state index is 0.0870. The Balaban J connectivity index is 1.79. The number of carbonyl (C=O) groups excluding carboxylic acids is 2. The third-order valence-corrected chi connectivity index (χ3v) is 4.66. The van der Waals surface area contributed by atoms with Gasteiger partial charge in [0, 0.05) is 25.2 Å². The number of amides is 2. The molecule has 0 radical (unpaired) electrons. The van der Waals surface area contributed by atoms with E-state index in [0.29, 0.717) is 43.2 Å². The summed E-state index contributed by atoms with van der Waals surface area (Å²) < 4.78 is 10.9. The number of nitrogens with one attached hydrogen (secondary N) is 2. The molecule has 0 aromatic heterocycles. The summed E-state index contributed by atoms with van der Waals surface area (Å²) in [5, 5.41) is 6.08. The van der Waals surface area contributed by atoms with Crippen LogP contribution in [0, 0.1) is 0 Å². The van der Waals surface area contributed by atoms with Crippen molar-refractivity contribution >= 4 is 23.2 Å². The van der Waals surface area contributed by atoms with Crippen molar-refractivity contribution in [3.63, 3.8) is 0 Å². The standard InChI is InChI=1S/C18H25N3O4/c1-12-17(19-8-10-25-12)18(23)20-13-6-7-15(24-2)14(11-13)21-9-4-3-5-16(21)22/h6-7,11-12,17,19H,3-5,8-10H2,1-2H3,(H,20,23)/t12-,17+/m1/s1. The largest absolute Gasteiger partial charge is 0.495 e. The predicted molar refractivity (Wildman–Crippen MR) is 95.0 cm³/mol. The molecule has 3 rings (SSSR count). The van der Waals surface area contributed by atoms with Gasteiger partial charge in [0.2, 0.25) is 11.8 Å². The van der Waals surface area contributed by atoms with Crippen LogP contribution in [-0.4, -0.2) is 50.8 Å². The number of hydrogen-bond donors (Lipinski definition) is 2. The van der Waals surface area contributed by atoms with Crippen molar-refractivity contribution in [2.75, 3.05) is 37.0 Å². The summed E-state index contributed by atoms with van der Waals surface area (Å²) in [7, 11) is 1.58. The highest BCUT2D eigenvalue weighted by molar-refractivity contribution is 5.99. The molecule has 2 fully saturated rings. The second-order valence-electron chi connectivity index (χ2n) is 6.39. The van der Waals surface area contributed by atoms with Crippen LogP contribution in [0.5, 0.6) is 5.75 Å². The van der Waals surface area contributed by atoms with Crippen molar-refractivity contribution in [1.29, 1.82) is 0 Å². The van der Waals surface area contributed by atoms with Gasteiger partial charge in [0.15, 0.2) is 0 Å². The van der Waals surface area contributed by atoms with Gasteiger partial charge in [-0.3, -0.25) is 9.59 Å². The molecule has 2 amide bonds. The Morgan fingerprint density at radius 1 is 1.40 bits per heavy atom. The number of ether oxygens (including phenoxy) is 2. The van der Waals surface area contributed by atoms with E-state index in [2.05, 4.69) is 10.6 Å². The number of benzene rings is 1. The van der Waals surface area contributed by atoms with Crippen molar-refractivity contribution in [2.24, 2.45) is 0 Å². The molecule has 0 aliphatic carbocycles. The average molecular weight is 347 g/mol. The maximum atomic E-state index is 12.5. The zero-order chi connectivity index (χ0) is 17.8. The fourth-order valence-electron chi connectivity index (χ4n) is 3.29. The Kier molecular flexibility index (Phi) is 5.55. The number of morpholine rings is 1. The number of nitrogens with zero attached hydrogens (tertiary/aromatic N) is 1. The maximum absolute atomic E-state index is 12.5. The van der Waals surface area contributed by atoms with Gasteiger partial charge in [-0.05, 0) is 38.0 Å². The van der Waals surface area contributed by atoms with E-state index >= 15 is 0 Å². The summed E-state index contributed by atoms with van der Waals surface area (Å²) in [5.74, 6) is 0.568. The Labute approximate surface area is 147 Å². The number of hydrogen-bond acceptors (Lipinski definition) is 5. The van der Waals surface area contributed by atoms with Crippen LogP contribution in [-0.2, 0) is 14.3 Å². The SMILES string of the molecule is COc1ccc(NC(=O)[C@H]2NCCO[C@@H]2C)cc1N1CCCCC1=O. The molecule has 1 aromatic carbocycles. The fraction of sp³-hybridized carbons (Fsp3) is 0.556. The van der Waals surface area contributed by atoms with E-state index in [-0.39, 0.29) is 17.9 Å². The topological polar surface area (TPSA) is 79.9 Å². The lowest BCUT2D eigenvalue weighted by Crippen LogP contribution is -2.53. The van der Waals surface area contributed by atoms with Gasteiger partial charge in [-0.1, -0.05) is 0 Å². The third-order valence-electron chi connectivity index (χ3n) is 4.66. The van der Waals surface area contributed by atoms with Crippen molar-refractivity contribution < 1.29 is 19.1 Å². The van der Waals surface area contributed by atoms with Gasteiger partial charge < -0.3 is 25.0 Å². The Hall–Kier alpha value is -2.12. The molecule has 0 saturated carbocycles. The Bertz CT molecular complexity index is 649. The number of methoxy groups -OCH3 is 1. The number of carbonyl (C=O) groups is 2. The molecule has 7 heteroatoms. The molecule has 0 bridgehead atoms. The first kappa shape index (κ1) is 17.7. The summed E-state index contributed by atoms with van der Waals surface area (Å²) in [4.78, 5) is 26.5. The van der Waals surface area contributed by atoms with Gasteiger partial charge in [0.25, 0.3) is 0 Å². The molecule has 2 aliphatic heterocycles. The highest BCUT2D eigenvalue weighted by Gasteiger charge is 2.29. The van der Waals surface area contributed by atoms with Crippen LogP contribution < -0.4 is 20.3 Å². The monoisotopic (exact) mass is 347 g/mol. The number of piperidine rings is 1. The van der Waals surface area contributed by atoms with Gasteiger partial charge in [0.05, 0.1) is 25.5 Å². The van der Waals surface area contributed by atoms with E-state index in [1.807, 2.05) is 6.92 Å². The summed E-state index contributed by atoms with van der Waals surface area (Å²) in [6, 6.07) is 4.97. The van der Waals surface area contributed by atoms with Gasteiger partial charge in [-0.2, -0.15) is 0 Å². The first-order valence-corrected chi connectivity index (χ1v) is 8.74. The minimum atomic E-state index is -0.393. The third kappa shape index (κ3) is 3.93. The van der Waals surface area contributed by atoms with Gasteiger partial charge >= 0.3 is 0 Å². The molecule has 2 aliphatic rings. The average Bonchev–Trinajstić information content (AvgIpc) is 2.62. The molecule has 2 atom stereocenters.